The summed E-state index contributed by atoms with van der Waals surface area (Å²) < 4.78 is 11.8. The normalized spacial score (nSPS) is 36.8. The second-order valence-electron chi connectivity index (χ2n) is 6.58. The highest BCUT2D eigenvalue weighted by Gasteiger charge is 2.55. The van der Waals surface area contributed by atoms with Crippen LogP contribution in [0.5, 0.6) is 0 Å². The maximum absolute atomic E-state index is 9.73. The Hall–Kier alpha value is -0.160. The molecule has 0 aromatic carbocycles. The molecule has 2 saturated heterocycles. The van der Waals surface area contributed by atoms with Crippen molar-refractivity contribution in [3.63, 3.8) is 0 Å². The highest BCUT2D eigenvalue weighted by atomic mass is 16.6. The lowest BCUT2D eigenvalue weighted by atomic mass is 10.00. The second-order valence-corrected chi connectivity index (χ2v) is 6.58. The van der Waals surface area contributed by atoms with Crippen LogP contribution in [0.2, 0.25) is 0 Å². The zero-order valence-electron chi connectivity index (χ0n) is 12.1. The largest absolute Gasteiger partial charge is 0.394 e. The Kier molecular flexibility index (Phi) is 4.32. The molecular formula is C14H27NO3. The molecule has 18 heavy (non-hydrogen) atoms. The summed E-state index contributed by atoms with van der Waals surface area (Å²) in [6.07, 6.45) is 2.20. The van der Waals surface area contributed by atoms with Gasteiger partial charge in [0.05, 0.1) is 25.4 Å². The van der Waals surface area contributed by atoms with Gasteiger partial charge in [-0.05, 0) is 24.7 Å². The van der Waals surface area contributed by atoms with Gasteiger partial charge >= 0.3 is 0 Å². The van der Waals surface area contributed by atoms with Crippen LogP contribution < -0.4 is 0 Å². The fourth-order valence-electron chi connectivity index (χ4n) is 2.99. The molecule has 0 aromatic rings. The van der Waals surface area contributed by atoms with E-state index in [0.29, 0.717) is 25.0 Å². The summed E-state index contributed by atoms with van der Waals surface area (Å²) in [4.78, 5) is 2.30. The molecule has 4 nitrogen and oxygen atoms in total. The van der Waals surface area contributed by atoms with Gasteiger partial charge in [-0.1, -0.05) is 27.7 Å². The SMILES string of the molecule is CC(C)C[C@@H]1OCC2(CO)CO[C@H](CC(C)C)N12. The molecule has 0 spiro atoms. The molecule has 2 fully saturated rings. The van der Waals surface area contributed by atoms with Crippen LogP contribution in [0.3, 0.4) is 0 Å². The first kappa shape index (κ1) is 14.3. The van der Waals surface area contributed by atoms with Gasteiger partial charge in [0.15, 0.2) is 0 Å². The van der Waals surface area contributed by atoms with Crippen LogP contribution in [0.15, 0.2) is 0 Å². The molecule has 1 N–H and O–H groups in total. The smallest absolute Gasteiger partial charge is 0.113 e. The molecule has 2 heterocycles. The molecule has 0 radical (unpaired) electrons. The first-order valence-corrected chi connectivity index (χ1v) is 7.11. The van der Waals surface area contributed by atoms with Crippen LogP contribution in [0.4, 0.5) is 0 Å². The summed E-state index contributed by atoms with van der Waals surface area (Å²) in [5.41, 5.74) is -0.293. The Morgan fingerprint density at radius 1 is 1.06 bits per heavy atom. The minimum atomic E-state index is -0.293. The van der Waals surface area contributed by atoms with Crippen molar-refractivity contribution < 1.29 is 14.6 Å². The molecule has 0 bridgehead atoms. The van der Waals surface area contributed by atoms with Crippen molar-refractivity contribution in [3.8, 4) is 0 Å². The number of fused-ring (bicyclic) bond motifs is 1. The predicted molar refractivity (Wildman–Crippen MR) is 70.0 cm³/mol. The fraction of sp³-hybridized carbons (Fsp3) is 1.00. The van der Waals surface area contributed by atoms with Crippen molar-refractivity contribution in [2.24, 2.45) is 11.8 Å². The topological polar surface area (TPSA) is 41.9 Å². The first-order chi connectivity index (χ1) is 8.48. The van der Waals surface area contributed by atoms with E-state index < -0.39 is 0 Å². The summed E-state index contributed by atoms with van der Waals surface area (Å²) in [6, 6.07) is 0. The maximum atomic E-state index is 9.73. The molecular weight excluding hydrogens is 230 g/mol. The molecule has 4 heteroatoms. The van der Waals surface area contributed by atoms with Gasteiger partial charge in [-0.3, -0.25) is 0 Å². The van der Waals surface area contributed by atoms with Crippen LogP contribution in [0.1, 0.15) is 40.5 Å². The van der Waals surface area contributed by atoms with E-state index in [4.69, 9.17) is 9.47 Å². The highest BCUT2D eigenvalue weighted by molar-refractivity contribution is 5.02. The van der Waals surface area contributed by atoms with Crippen LogP contribution in [-0.2, 0) is 9.47 Å². The third-order valence-electron chi connectivity index (χ3n) is 3.90. The van der Waals surface area contributed by atoms with E-state index in [1.807, 2.05) is 0 Å². The van der Waals surface area contributed by atoms with Gasteiger partial charge in [-0.2, -0.15) is 0 Å². The summed E-state index contributed by atoms with van der Waals surface area (Å²) in [5, 5.41) is 9.73. The Labute approximate surface area is 110 Å². The van der Waals surface area contributed by atoms with Crippen molar-refractivity contribution in [2.75, 3.05) is 19.8 Å². The molecule has 0 aromatic heterocycles. The van der Waals surface area contributed by atoms with Crippen molar-refractivity contribution in [2.45, 2.75) is 58.5 Å². The standard InChI is InChI=1S/C14H27NO3/c1-10(2)5-12-15-13(6-11(3)4)18-9-14(15,7-16)8-17-12/h10-13,16H,5-9H2,1-4H3/t12-,13+,14?. The fourth-order valence-corrected chi connectivity index (χ4v) is 2.99. The van der Waals surface area contributed by atoms with Gasteiger partial charge in [-0.25, -0.2) is 4.90 Å². The van der Waals surface area contributed by atoms with Crippen LogP contribution in [-0.4, -0.2) is 47.8 Å². The van der Waals surface area contributed by atoms with Crippen LogP contribution in [0.25, 0.3) is 0 Å². The summed E-state index contributed by atoms with van der Waals surface area (Å²) >= 11 is 0. The molecule has 2 aliphatic rings. The zero-order valence-corrected chi connectivity index (χ0v) is 12.1. The maximum Gasteiger partial charge on any atom is 0.113 e. The van der Waals surface area contributed by atoms with E-state index in [9.17, 15) is 5.11 Å². The van der Waals surface area contributed by atoms with Crippen LogP contribution in [0, 0.1) is 11.8 Å². The Morgan fingerprint density at radius 2 is 1.50 bits per heavy atom. The quantitative estimate of drug-likeness (QED) is 0.816. The van der Waals surface area contributed by atoms with Gasteiger partial charge in [0.2, 0.25) is 0 Å². The lowest BCUT2D eigenvalue weighted by Gasteiger charge is -2.34. The lowest BCUT2D eigenvalue weighted by molar-refractivity contribution is -0.0736. The summed E-state index contributed by atoms with van der Waals surface area (Å²) in [6.45, 7) is 10.1. The zero-order chi connectivity index (χ0) is 13.3. The number of rotatable bonds is 5. The highest BCUT2D eigenvalue weighted by Crippen LogP contribution is 2.39. The molecule has 0 saturated carbocycles. The van der Waals surface area contributed by atoms with E-state index in [1.165, 1.54) is 0 Å². The number of hydrogen-bond acceptors (Lipinski definition) is 4. The average molecular weight is 257 g/mol. The van der Waals surface area contributed by atoms with E-state index in [-0.39, 0.29) is 24.6 Å². The van der Waals surface area contributed by atoms with Crippen LogP contribution >= 0.6 is 0 Å². The Morgan fingerprint density at radius 3 is 1.83 bits per heavy atom. The number of ether oxygens (including phenoxy) is 2. The molecule has 0 amide bonds. The van der Waals surface area contributed by atoms with Gasteiger partial charge < -0.3 is 14.6 Å². The minimum absolute atomic E-state index is 0.100. The monoisotopic (exact) mass is 257 g/mol. The minimum Gasteiger partial charge on any atom is -0.394 e. The first-order valence-electron chi connectivity index (χ1n) is 7.11. The van der Waals surface area contributed by atoms with Crippen molar-refractivity contribution in [1.82, 2.24) is 4.90 Å². The van der Waals surface area contributed by atoms with E-state index in [0.717, 1.165) is 12.8 Å². The van der Waals surface area contributed by atoms with Crippen molar-refractivity contribution in [1.29, 1.82) is 0 Å². The van der Waals surface area contributed by atoms with Gasteiger partial charge in [0.25, 0.3) is 0 Å². The van der Waals surface area contributed by atoms with Gasteiger partial charge in [0, 0.05) is 0 Å². The van der Waals surface area contributed by atoms with Gasteiger partial charge in [0.1, 0.15) is 12.5 Å². The second kappa shape index (κ2) is 5.45. The molecule has 1 unspecified atom stereocenters. The van der Waals surface area contributed by atoms with Crippen molar-refractivity contribution in [3.05, 3.63) is 0 Å². The predicted octanol–water partition coefficient (Wildman–Crippen LogP) is 1.82. The molecule has 106 valence electrons. The third kappa shape index (κ3) is 2.57. The molecule has 2 rings (SSSR count). The summed E-state index contributed by atoms with van der Waals surface area (Å²) in [5.74, 6) is 1.18. The molecule has 0 aliphatic carbocycles. The van der Waals surface area contributed by atoms with E-state index in [1.54, 1.807) is 0 Å². The number of nitrogens with zero attached hydrogens (tertiary/aromatic N) is 1. The lowest BCUT2D eigenvalue weighted by Crippen LogP contribution is -2.52. The third-order valence-corrected chi connectivity index (χ3v) is 3.90. The number of hydrogen-bond donors (Lipinski definition) is 1. The average Bonchev–Trinajstić information content (AvgIpc) is 2.78. The van der Waals surface area contributed by atoms with Crippen molar-refractivity contribution >= 4 is 0 Å². The Bertz CT molecular complexity index is 258. The molecule has 3 atom stereocenters. The van der Waals surface area contributed by atoms with Gasteiger partial charge in [-0.15, -0.1) is 0 Å². The number of aliphatic hydroxyl groups is 1. The summed E-state index contributed by atoms with van der Waals surface area (Å²) in [7, 11) is 0. The Balaban J connectivity index is 2.12. The van der Waals surface area contributed by atoms with E-state index >= 15 is 0 Å². The number of aliphatic hydroxyl groups excluding tert-OH is 1. The van der Waals surface area contributed by atoms with E-state index in [2.05, 4.69) is 32.6 Å². The molecule has 2 aliphatic heterocycles.